The Kier molecular flexibility index (Phi) is 2.71. The van der Waals surface area contributed by atoms with Crippen LogP contribution in [-0.2, 0) is 6.54 Å². The van der Waals surface area contributed by atoms with Crippen molar-refractivity contribution in [1.29, 1.82) is 0 Å². The van der Waals surface area contributed by atoms with E-state index >= 15 is 0 Å². The standard InChI is InChI=1S/C12H15N3O3/c13-4-9-6-15(12(16)14-9)5-8-1-2-10-11(3-8)18-7-17-10/h1-3,9H,4-7,13H2,(H,14,16). The van der Waals surface area contributed by atoms with Crippen LogP contribution in [0.15, 0.2) is 18.2 Å². The van der Waals surface area contributed by atoms with Gasteiger partial charge in [0.15, 0.2) is 11.5 Å². The summed E-state index contributed by atoms with van der Waals surface area (Å²) >= 11 is 0. The van der Waals surface area contributed by atoms with Crippen LogP contribution in [0.4, 0.5) is 4.79 Å². The normalized spacial score (nSPS) is 21.3. The highest BCUT2D eigenvalue weighted by Gasteiger charge is 2.27. The molecule has 0 aromatic heterocycles. The van der Waals surface area contributed by atoms with Crippen LogP contribution in [0.1, 0.15) is 5.56 Å². The second-order valence-electron chi connectivity index (χ2n) is 4.45. The second-order valence-corrected chi connectivity index (χ2v) is 4.45. The summed E-state index contributed by atoms with van der Waals surface area (Å²) in [4.78, 5) is 13.4. The lowest BCUT2D eigenvalue weighted by molar-refractivity contribution is 0.174. The first-order valence-electron chi connectivity index (χ1n) is 5.90. The lowest BCUT2D eigenvalue weighted by atomic mass is 10.2. The van der Waals surface area contributed by atoms with E-state index in [1.54, 1.807) is 4.90 Å². The van der Waals surface area contributed by atoms with Crippen LogP contribution in [0.5, 0.6) is 11.5 Å². The molecule has 1 atom stereocenters. The molecule has 0 spiro atoms. The molecule has 1 fully saturated rings. The van der Waals surface area contributed by atoms with Crippen molar-refractivity contribution in [2.45, 2.75) is 12.6 Å². The Morgan fingerprint density at radius 1 is 1.39 bits per heavy atom. The Balaban J connectivity index is 1.71. The van der Waals surface area contributed by atoms with Gasteiger partial charge in [0, 0.05) is 19.6 Å². The van der Waals surface area contributed by atoms with Crippen LogP contribution in [0.2, 0.25) is 0 Å². The Morgan fingerprint density at radius 3 is 3.00 bits per heavy atom. The largest absolute Gasteiger partial charge is 0.454 e. The molecule has 0 bridgehead atoms. The number of nitrogens with one attached hydrogen (secondary N) is 1. The van der Waals surface area contributed by atoms with Gasteiger partial charge in [0.1, 0.15) is 0 Å². The molecule has 2 aliphatic rings. The number of rotatable bonds is 3. The number of benzene rings is 1. The number of urea groups is 1. The Labute approximate surface area is 105 Å². The first-order valence-corrected chi connectivity index (χ1v) is 5.90. The zero-order chi connectivity index (χ0) is 12.5. The molecule has 3 rings (SSSR count). The zero-order valence-electron chi connectivity index (χ0n) is 9.89. The van der Waals surface area contributed by atoms with Crippen LogP contribution < -0.4 is 20.5 Å². The monoisotopic (exact) mass is 249 g/mol. The topological polar surface area (TPSA) is 76.8 Å². The lowest BCUT2D eigenvalue weighted by Gasteiger charge is -2.14. The minimum atomic E-state index is -0.0666. The van der Waals surface area contributed by atoms with Crippen molar-refractivity contribution in [3.05, 3.63) is 23.8 Å². The molecule has 0 saturated carbocycles. The van der Waals surface area contributed by atoms with Gasteiger partial charge < -0.3 is 25.4 Å². The van der Waals surface area contributed by atoms with Gasteiger partial charge in [-0.2, -0.15) is 0 Å². The minimum Gasteiger partial charge on any atom is -0.454 e. The molecule has 6 heteroatoms. The van der Waals surface area contributed by atoms with Crippen molar-refractivity contribution in [3.63, 3.8) is 0 Å². The fourth-order valence-electron chi connectivity index (χ4n) is 2.19. The third-order valence-electron chi connectivity index (χ3n) is 3.15. The van der Waals surface area contributed by atoms with Gasteiger partial charge in [-0.3, -0.25) is 0 Å². The first kappa shape index (κ1) is 11.2. The van der Waals surface area contributed by atoms with Gasteiger partial charge in [0.25, 0.3) is 0 Å². The van der Waals surface area contributed by atoms with E-state index in [4.69, 9.17) is 15.2 Å². The van der Waals surface area contributed by atoms with Crippen molar-refractivity contribution in [1.82, 2.24) is 10.2 Å². The third-order valence-corrected chi connectivity index (χ3v) is 3.15. The molecular weight excluding hydrogens is 234 g/mol. The van der Waals surface area contributed by atoms with E-state index in [0.29, 0.717) is 19.6 Å². The third kappa shape index (κ3) is 1.95. The maximum Gasteiger partial charge on any atom is 0.318 e. The molecule has 3 N–H and O–H groups in total. The second kappa shape index (κ2) is 4.38. The predicted molar refractivity (Wildman–Crippen MR) is 64.3 cm³/mol. The predicted octanol–water partition coefficient (Wildman–Crippen LogP) is 0.268. The highest BCUT2D eigenvalue weighted by atomic mass is 16.7. The van der Waals surface area contributed by atoms with E-state index in [2.05, 4.69) is 5.32 Å². The average Bonchev–Trinajstić information content (AvgIpc) is 2.96. The van der Waals surface area contributed by atoms with Gasteiger partial charge in [-0.05, 0) is 17.7 Å². The Bertz CT molecular complexity index is 478. The number of carbonyl (C=O) groups excluding carboxylic acids is 1. The number of fused-ring (bicyclic) bond motifs is 1. The number of carbonyl (C=O) groups is 1. The number of nitrogens with zero attached hydrogens (tertiary/aromatic N) is 1. The molecule has 2 heterocycles. The lowest BCUT2D eigenvalue weighted by Crippen LogP contribution is -2.33. The summed E-state index contributed by atoms with van der Waals surface area (Å²) in [6.45, 7) is 1.92. The summed E-state index contributed by atoms with van der Waals surface area (Å²) in [5.74, 6) is 1.49. The van der Waals surface area contributed by atoms with E-state index in [9.17, 15) is 4.79 Å². The Morgan fingerprint density at radius 2 is 2.22 bits per heavy atom. The number of nitrogens with two attached hydrogens (primary N) is 1. The zero-order valence-corrected chi connectivity index (χ0v) is 9.89. The van der Waals surface area contributed by atoms with Crippen LogP contribution in [0.25, 0.3) is 0 Å². The maximum atomic E-state index is 11.7. The van der Waals surface area contributed by atoms with Gasteiger partial charge in [0.2, 0.25) is 6.79 Å². The van der Waals surface area contributed by atoms with E-state index in [1.807, 2.05) is 18.2 Å². The van der Waals surface area contributed by atoms with Gasteiger partial charge >= 0.3 is 6.03 Å². The van der Waals surface area contributed by atoms with Crippen molar-refractivity contribution < 1.29 is 14.3 Å². The molecule has 1 unspecified atom stereocenters. The van der Waals surface area contributed by atoms with Crippen molar-refractivity contribution in [3.8, 4) is 11.5 Å². The summed E-state index contributed by atoms with van der Waals surface area (Å²) in [5.41, 5.74) is 6.57. The van der Waals surface area contributed by atoms with Gasteiger partial charge in [-0.1, -0.05) is 6.07 Å². The average molecular weight is 249 g/mol. The summed E-state index contributed by atoms with van der Waals surface area (Å²) in [5, 5.41) is 2.83. The Hall–Kier alpha value is -1.95. The van der Waals surface area contributed by atoms with E-state index in [1.165, 1.54) is 0 Å². The molecule has 1 saturated heterocycles. The number of amides is 2. The number of hydrogen-bond donors (Lipinski definition) is 2. The molecule has 2 aliphatic heterocycles. The molecule has 1 aromatic rings. The van der Waals surface area contributed by atoms with Crippen LogP contribution >= 0.6 is 0 Å². The summed E-state index contributed by atoms with van der Waals surface area (Å²) in [6.07, 6.45) is 0. The molecule has 2 amide bonds. The molecular formula is C12H15N3O3. The molecule has 1 aromatic carbocycles. The summed E-state index contributed by atoms with van der Waals surface area (Å²) in [6, 6.07) is 5.70. The van der Waals surface area contributed by atoms with Gasteiger partial charge in [-0.25, -0.2) is 4.79 Å². The molecule has 6 nitrogen and oxygen atoms in total. The highest BCUT2D eigenvalue weighted by molar-refractivity contribution is 5.77. The van der Waals surface area contributed by atoms with Gasteiger partial charge in [0.05, 0.1) is 6.04 Å². The van der Waals surface area contributed by atoms with E-state index in [-0.39, 0.29) is 18.9 Å². The molecule has 96 valence electrons. The maximum absolute atomic E-state index is 11.7. The molecule has 0 aliphatic carbocycles. The molecule has 0 radical (unpaired) electrons. The van der Waals surface area contributed by atoms with Crippen molar-refractivity contribution in [2.75, 3.05) is 19.9 Å². The minimum absolute atomic E-state index is 0.0477. The van der Waals surface area contributed by atoms with Gasteiger partial charge in [-0.15, -0.1) is 0 Å². The summed E-state index contributed by atoms with van der Waals surface area (Å²) in [7, 11) is 0. The highest BCUT2D eigenvalue weighted by Crippen LogP contribution is 2.32. The van der Waals surface area contributed by atoms with Crippen LogP contribution in [0, 0.1) is 0 Å². The van der Waals surface area contributed by atoms with Crippen molar-refractivity contribution in [2.24, 2.45) is 5.73 Å². The molecule has 18 heavy (non-hydrogen) atoms. The number of ether oxygens (including phenoxy) is 2. The fraction of sp³-hybridized carbons (Fsp3) is 0.417. The summed E-state index contributed by atoms with van der Waals surface area (Å²) < 4.78 is 10.6. The quantitative estimate of drug-likeness (QED) is 0.806. The van der Waals surface area contributed by atoms with Crippen LogP contribution in [-0.4, -0.2) is 36.9 Å². The fourth-order valence-corrected chi connectivity index (χ4v) is 2.19. The van der Waals surface area contributed by atoms with Crippen LogP contribution in [0.3, 0.4) is 0 Å². The first-order chi connectivity index (χ1) is 8.76. The van der Waals surface area contributed by atoms with E-state index < -0.39 is 0 Å². The SMILES string of the molecule is NCC1CN(Cc2ccc3c(c2)OCO3)C(=O)N1. The smallest absolute Gasteiger partial charge is 0.318 e. The van der Waals surface area contributed by atoms with E-state index in [0.717, 1.165) is 17.1 Å². The number of hydrogen-bond acceptors (Lipinski definition) is 4. The van der Waals surface area contributed by atoms with Crippen molar-refractivity contribution >= 4 is 6.03 Å².